The van der Waals surface area contributed by atoms with Gasteiger partial charge in [0.15, 0.2) is 0 Å². The standard InChI is InChI=1S/C23H28N2O2S/c1-4-6-21(26)24(13-5-2)16-22(27)25-14-11-20-19(12-15-28-20)23(25)18-9-7-17(3)8-10-18/h5,7-10,12,15,23H,2,4,6,11,13-14,16H2,1,3H3/t23-/m0/s1. The molecule has 0 radical (unpaired) electrons. The lowest BCUT2D eigenvalue weighted by atomic mass is 9.92. The van der Waals surface area contributed by atoms with Gasteiger partial charge >= 0.3 is 0 Å². The maximum absolute atomic E-state index is 13.3. The first kappa shape index (κ1) is 20.3. The van der Waals surface area contributed by atoms with Gasteiger partial charge in [0.05, 0.1) is 6.04 Å². The Bertz CT molecular complexity index is 841. The zero-order valence-electron chi connectivity index (χ0n) is 16.7. The third kappa shape index (κ3) is 4.36. The number of benzene rings is 1. The van der Waals surface area contributed by atoms with Crippen LogP contribution in [0.3, 0.4) is 0 Å². The monoisotopic (exact) mass is 396 g/mol. The second-order valence-corrected chi connectivity index (χ2v) is 8.26. The number of aryl methyl sites for hydroxylation is 1. The molecule has 2 amide bonds. The Labute approximate surface area is 171 Å². The van der Waals surface area contributed by atoms with Gasteiger partial charge in [0, 0.05) is 24.4 Å². The lowest BCUT2D eigenvalue weighted by Gasteiger charge is -2.37. The zero-order chi connectivity index (χ0) is 20.1. The minimum absolute atomic E-state index is 0.00581. The van der Waals surface area contributed by atoms with Crippen LogP contribution in [0.4, 0.5) is 0 Å². The summed E-state index contributed by atoms with van der Waals surface area (Å²) in [4.78, 5) is 30.6. The number of carbonyl (C=O) groups is 2. The molecule has 1 atom stereocenters. The average molecular weight is 397 g/mol. The first-order chi connectivity index (χ1) is 13.5. The van der Waals surface area contributed by atoms with E-state index in [1.54, 1.807) is 22.3 Å². The molecule has 4 nitrogen and oxygen atoms in total. The summed E-state index contributed by atoms with van der Waals surface area (Å²) >= 11 is 1.76. The van der Waals surface area contributed by atoms with Gasteiger partial charge in [-0.3, -0.25) is 9.59 Å². The molecular weight excluding hydrogens is 368 g/mol. The van der Waals surface area contributed by atoms with Crippen molar-refractivity contribution in [2.45, 2.75) is 39.2 Å². The summed E-state index contributed by atoms with van der Waals surface area (Å²) in [6.45, 7) is 8.96. The first-order valence-corrected chi connectivity index (χ1v) is 10.7. The number of carbonyl (C=O) groups excluding carboxylic acids is 2. The summed E-state index contributed by atoms with van der Waals surface area (Å²) in [6.07, 6.45) is 3.78. The fourth-order valence-electron chi connectivity index (χ4n) is 3.73. The molecule has 0 spiro atoms. The Hall–Kier alpha value is -2.40. The molecule has 1 aromatic carbocycles. The molecule has 0 saturated carbocycles. The van der Waals surface area contributed by atoms with E-state index in [9.17, 15) is 9.59 Å². The van der Waals surface area contributed by atoms with E-state index >= 15 is 0 Å². The van der Waals surface area contributed by atoms with Crippen molar-refractivity contribution in [2.24, 2.45) is 0 Å². The van der Waals surface area contributed by atoms with Crippen LogP contribution in [0.25, 0.3) is 0 Å². The third-order valence-electron chi connectivity index (χ3n) is 5.17. The van der Waals surface area contributed by atoms with Gasteiger partial charge in [0.1, 0.15) is 6.54 Å². The number of hydrogen-bond acceptors (Lipinski definition) is 3. The van der Waals surface area contributed by atoms with Crippen molar-refractivity contribution in [3.63, 3.8) is 0 Å². The zero-order valence-corrected chi connectivity index (χ0v) is 17.5. The smallest absolute Gasteiger partial charge is 0.243 e. The Balaban J connectivity index is 1.87. The van der Waals surface area contributed by atoms with Crippen molar-refractivity contribution in [3.05, 3.63) is 69.9 Å². The minimum Gasteiger partial charge on any atom is -0.330 e. The molecule has 0 saturated heterocycles. The van der Waals surface area contributed by atoms with Crippen LogP contribution >= 0.6 is 11.3 Å². The fraction of sp³-hybridized carbons (Fsp3) is 0.391. The molecule has 2 heterocycles. The maximum Gasteiger partial charge on any atom is 0.243 e. The lowest BCUT2D eigenvalue weighted by Crippen LogP contribution is -2.46. The van der Waals surface area contributed by atoms with Gasteiger partial charge < -0.3 is 9.80 Å². The highest BCUT2D eigenvalue weighted by Gasteiger charge is 2.33. The topological polar surface area (TPSA) is 40.6 Å². The van der Waals surface area contributed by atoms with Crippen molar-refractivity contribution in [3.8, 4) is 0 Å². The van der Waals surface area contributed by atoms with Crippen LogP contribution < -0.4 is 0 Å². The van der Waals surface area contributed by atoms with Gasteiger partial charge in [-0.05, 0) is 42.3 Å². The van der Waals surface area contributed by atoms with Crippen LogP contribution in [0, 0.1) is 6.92 Å². The number of fused-ring (bicyclic) bond motifs is 1. The van der Waals surface area contributed by atoms with Crippen LogP contribution in [-0.2, 0) is 16.0 Å². The summed E-state index contributed by atoms with van der Waals surface area (Å²) in [5.41, 5.74) is 3.53. The second kappa shape index (κ2) is 9.20. The van der Waals surface area contributed by atoms with Crippen molar-refractivity contribution >= 4 is 23.2 Å². The molecule has 5 heteroatoms. The summed E-state index contributed by atoms with van der Waals surface area (Å²) < 4.78 is 0. The predicted octanol–water partition coefficient (Wildman–Crippen LogP) is 4.35. The summed E-state index contributed by atoms with van der Waals surface area (Å²) in [7, 11) is 0. The molecule has 148 valence electrons. The molecule has 28 heavy (non-hydrogen) atoms. The van der Waals surface area contributed by atoms with Crippen LogP contribution in [0.15, 0.2) is 48.4 Å². The molecule has 0 N–H and O–H groups in total. The normalized spacial score (nSPS) is 15.8. The van der Waals surface area contributed by atoms with Gasteiger partial charge in [-0.15, -0.1) is 17.9 Å². The Morgan fingerprint density at radius 3 is 2.71 bits per heavy atom. The molecule has 0 bridgehead atoms. The molecule has 3 rings (SSSR count). The highest BCUT2D eigenvalue weighted by molar-refractivity contribution is 7.10. The average Bonchev–Trinajstić information content (AvgIpc) is 3.16. The van der Waals surface area contributed by atoms with E-state index < -0.39 is 0 Å². The van der Waals surface area contributed by atoms with E-state index in [1.165, 1.54) is 16.0 Å². The molecule has 1 aromatic heterocycles. The third-order valence-corrected chi connectivity index (χ3v) is 6.17. The maximum atomic E-state index is 13.3. The first-order valence-electron chi connectivity index (χ1n) is 9.86. The van der Waals surface area contributed by atoms with E-state index in [2.05, 4.69) is 49.2 Å². The SMILES string of the molecule is C=CCN(CC(=O)N1CCc2sccc2[C@@H]1c1ccc(C)cc1)C(=O)CCC. The number of thiophene rings is 1. The number of nitrogens with zero attached hydrogens (tertiary/aromatic N) is 2. The van der Waals surface area contributed by atoms with Crippen molar-refractivity contribution in [2.75, 3.05) is 19.6 Å². The van der Waals surface area contributed by atoms with Gasteiger partial charge in [-0.25, -0.2) is 0 Å². The van der Waals surface area contributed by atoms with Crippen LogP contribution in [0.1, 0.15) is 47.4 Å². The van der Waals surface area contributed by atoms with E-state index in [0.717, 1.165) is 18.4 Å². The van der Waals surface area contributed by atoms with Gasteiger partial charge in [0.2, 0.25) is 11.8 Å². The molecular formula is C23H28N2O2S. The van der Waals surface area contributed by atoms with Crippen LogP contribution in [0.2, 0.25) is 0 Å². The molecule has 2 aromatic rings. The quantitative estimate of drug-likeness (QED) is 0.653. The summed E-state index contributed by atoms with van der Waals surface area (Å²) in [5, 5.41) is 2.11. The molecule has 1 aliphatic heterocycles. The van der Waals surface area contributed by atoms with Gasteiger partial charge in [-0.2, -0.15) is 0 Å². The number of hydrogen-bond donors (Lipinski definition) is 0. The minimum atomic E-state index is -0.0880. The second-order valence-electron chi connectivity index (χ2n) is 7.26. The largest absolute Gasteiger partial charge is 0.330 e. The van der Waals surface area contributed by atoms with E-state index in [4.69, 9.17) is 0 Å². The summed E-state index contributed by atoms with van der Waals surface area (Å²) in [5.74, 6) is 0.00426. The predicted molar refractivity (Wildman–Crippen MR) is 114 cm³/mol. The fourth-order valence-corrected chi connectivity index (χ4v) is 4.63. The Morgan fingerprint density at radius 1 is 1.29 bits per heavy atom. The summed E-state index contributed by atoms with van der Waals surface area (Å²) in [6, 6.07) is 10.4. The Morgan fingerprint density at radius 2 is 2.04 bits per heavy atom. The highest BCUT2D eigenvalue weighted by Crippen LogP contribution is 2.37. The van der Waals surface area contributed by atoms with E-state index in [-0.39, 0.29) is 24.4 Å². The molecule has 1 aliphatic rings. The van der Waals surface area contributed by atoms with E-state index in [1.807, 2.05) is 11.8 Å². The van der Waals surface area contributed by atoms with Gasteiger partial charge in [0.25, 0.3) is 0 Å². The van der Waals surface area contributed by atoms with Gasteiger partial charge in [-0.1, -0.05) is 42.8 Å². The molecule has 0 aliphatic carbocycles. The van der Waals surface area contributed by atoms with Crippen LogP contribution in [-0.4, -0.2) is 41.2 Å². The molecule has 0 unspecified atom stereocenters. The lowest BCUT2D eigenvalue weighted by molar-refractivity contribution is -0.141. The van der Waals surface area contributed by atoms with Crippen molar-refractivity contribution < 1.29 is 9.59 Å². The number of rotatable bonds is 7. The van der Waals surface area contributed by atoms with Crippen molar-refractivity contribution in [1.82, 2.24) is 9.80 Å². The number of amides is 2. The highest BCUT2D eigenvalue weighted by atomic mass is 32.1. The van der Waals surface area contributed by atoms with Crippen molar-refractivity contribution in [1.29, 1.82) is 0 Å². The van der Waals surface area contributed by atoms with E-state index in [0.29, 0.717) is 19.5 Å². The Kier molecular flexibility index (Phi) is 6.68. The van der Waals surface area contributed by atoms with Crippen LogP contribution in [0.5, 0.6) is 0 Å². The molecule has 0 fully saturated rings.